The molecule has 3 aromatic rings. The molecule has 2 aliphatic rings. The van der Waals surface area contributed by atoms with Crippen molar-refractivity contribution in [1.82, 2.24) is 9.97 Å². The van der Waals surface area contributed by atoms with Crippen LogP contribution in [0.25, 0.3) is 0 Å². The summed E-state index contributed by atoms with van der Waals surface area (Å²) < 4.78 is 0. The Hall–Kier alpha value is -2.83. The van der Waals surface area contributed by atoms with Crippen LogP contribution >= 0.6 is 23.2 Å². The van der Waals surface area contributed by atoms with Gasteiger partial charge in [0.25, 0.3) is 0 Å². The van der Waals surface area contributed by atoms with Gasteiger partial charge in [-0.25, -0.2) is 14.7 Å². The molecule has 0 radical (unpaired) electrons. The van der Waals surface area contributed by atoms with Crippen LogP contribution in [0.4, 0.5) is 27.9 Å². The van der Waals surface area contributed by atoms with Gasteiger partial charge < -0.3 is 5.32 Å². The van der Waals surface area contributed by atoms with Crippen LogP contribution < -0.4 is 15.1 Å². The van der Waals surface area contributed by atoms with E-state index < -0.39 is 0 Å². The highest BCUT2D eigenvalue weighted by molar-refractivity contribution is 6.40. The molecule has 33 heavy (non-hydrogen) atoms. The molecule has 2 amide bonds. The summed E-state index contributed by atoms with van der Waals surface area (Å²) in [4.78, 5) is 26.3. The van der Waals surface area contributed by atoms with Gasteiger partial charge >= 0.3 is 6.03 Å². The number of carbonyl (C=O) groups is 1. The lowest BCUT2D eigenvalue weighted by molar-refractivity contribution is 0.252. The highest BCUT2D eigenvalue weighted by Gasteiger charge is 2.36. The molecule has 0 unspecified atom stereocenters. The molecule has 0 bridgehead atoms. The minimum absolute atomic E-state index is 0.263. The quantitative estimate of drug-likeness (QED) is 0.423. The van der Waals surface area contributed by atoms with Gasteiger partial charge in [-0.15, -0.1) is 0 Å². The topological polar surface area (TPSA) is 61.4 Å². The minimum Gasteiger partial charge on any atom is -0.354 e. The van der Waals surface area contributed by atoms with Gasteiger partial charge in [0.2, 0.25) is 5.95 Å². The fraction of sp³-hybridized carbons (Fsp3) is 0.320. The molecular weight excluding hydrogens is 457 g/mol. The highest BCUT2D eigenvalue weighted by atomic mass is 35.5. The third kappa shape index (κ3) is 4.50. The number of halogens is 2. The first-order valence-electron chi connectivity index (χ1n) is 11.3. The first-order valence-corrected chi connectivity index (χ1v) is 12.1. The fourth-order valence-electron chi connectivity index (χ4n) is 4.60. The summed E-state index contributed by atoms with van der Waals surface area (Å²) in [6.45, 7) is 1.13. The first kappa shape index (κ1) is 22.0. The highest BCUT2D eigenvalue weighted by Crippen LogP contribution is 2.41. The lowest BCUT2D eigenvalue weighted by Gasteiger charge is -2.36. The summed E-state index contributed by atoms with van der Waals surface area (Å²) in [6, 6.07) is 14.4. The molecule has 0 saturated heterocycles. The molecule has 1 aliphatic heterocycles. The molecule has 1 aliphatic carbocycles. The van der Waals surface area contributed by atoms with Crippen LogP contribution in [0.15, 0.2) is 54.7 Å². The molecule has 8 heteroatoms. The Morgan fingerprint density at radius 2 is 1.70 bits per heavy atom. The van der Waals surface area contributed by atoms with Gasteiger partial charge in [-0.1, -0.05) is 66.7 Å². The second-order valence-corrected chi connectivity index (χ2v) is 9.35. The summed E-state index contributed by atoms with van der Waals surface area (Å²) in [5, 5.41) is 4.23. The van der Waals surface area contributed by atoms with Crippen molar-refractivity contribution >= 4 is 52.4 Å². The van der Waals surface area contributed by atoms with Crippen molar-refractivity contribution < 1.29 is 4.79 Å². The molecule has 2 aromatic carbocycles. The monoisotopic (exact) mass is 481 g/mol. The predicted octanol–water partition coefficient (Wildman–Crippen LogP) is 7.05. The van der Waals surface area contributed by atoms with Crippen molar-refractivity contribution in [2.75, 3.05) is 21.7 Å². The molecule has 0 spiro atoms. The first-order chi connectivity index (χ1) is 16.1. The number of rotatable bonds is 5. The lowest BCUT2D eigenvalue weighted by Crippen LogP contribution is -2.45. The third-order valence-corrected chi connectivity index (χ3v) is 6.91. The number of para-hydroxylation sites is 2. The molecule has 1 fully saturated rings. The van der Waals surface area contributed by atoms with Gasteiger partial charge in [0, 0.05) is 18.3 Å². The molecule has 0 atom stereocenters. The second-order valence-electron chi connectivity index (χ2n) is 8.54. The van der Waals surface area contributed by atoms with Crippen LogP contribution in [0.1, 0.15) is 37.7 Å². The molecule has 1 N–H and O–H groups in total. The molecular formula is C25H25Cl2N5O. The summed E-state index contributed by atoms with van der Waals surface area (Å²) in [5.74, 6) is 1.76. The number of carbonyl (C=O) groups excluding carboxylic acids is 1. The van der Waals surface area contributed by atoms with E-state index in [1.165, 1.54) is 32.1 Å². The number of benzene rings is 2. The molecule has 6 nitrogen and oxygen atoms in total. The standard InChI is InChI=1S/C25H25Cl2N5O/c26-20-12-7-13-21(27)22(20)31-16-18-15-29-24(28-14-17-8-3-1-4-9-17)30-23(18)32(25(31)33)19-10-5-2-6-11-19/h2,5-7,10-13,15,17H,1,3-4,8-9,14,16H2,(H,28,29,30). The summed E-state index contributed by atoms with van der Waals surface area (Å²) >= 11 is 12.9. The van der Waals surface area contributed by atoms with Crippen LogP contribution in [0, 0.1) is 5.92 Å². The number of anilines is 4. The molecule has 1 aromatic heterocycles. The second kappa shape index (κ2) is 9.57. The van der Waals surface area contributed by atoms with Gasteiger partial charge in [0.1, 0.15) is 0 Å². The number of urea groups is 1. The number of hydrogen-bond acceptors (Lipinski definition) is 4. The van der Waals surface area contributed by atoms with Gasteiger partial charge in [0.15, 0.2) is 5.82 Å². The average molecular weight is 482 g/mol. The Morgan fingerprint density at radius 3 is 2.42 bits per heavy atom. The van der Waals surface area contributed by atoms with Gasteiger partial charge in [-0.2, -0.15) is 4.98 Å². The minimum atomic E-state index is -0.263. The average Bonchev–Trinajstić information content (AvgIpc) is 2.84. The zero-order valence-corrected chi connectivity index (χ0v) is 19.7. The van der Waals surface area contributed by atoms with Crippen molar-refractivity contribution in [2.24, 2.45) is 5.92 Å². The van der Waals surface area contributed by atoms with E-state index in [1.807, 2.05) is 30.3 Å². The maximum absolute atomic E-state index is 13.8. The number of amides is 2. The zero-order valence-electron chi connectivity index (χ0n) is 18.2. The Labute approximate surface area is 203 Å². The lowest BCUT2D eigenvalue weighted by atomic mass is 9.89. The summed E-state index contributed by atoms with van der Waals surface area (Å²) in [7, 11) is 0. The van der Waals surface area contributed by atoms with Crippen LogP contribution in [-0.2, 0) is 6.54 Å². The van der Waals surface area contributed by atoms with Gasteiger partial charge in [-0.3, -0.25) is 4.90 Å². The van der Waals surface area contributed by atoms with Crippen molar-refractivity contribution in [3.05, 3.63) is 70.3 Å². The number of nitrogens with one attached hydrogen (secondary N) is 1. The number of nitrogens with zero attached hydrogens (tertiary/aromatic N) is 4. The normalized spacial score (nSPS) is 16.6. The molecule has 1 saturated carbocycles. The van der Waals surface area contributed by atoms with E-state index in [0.29, 0.717) is 39.1 Å². The SMILES string of the molecule is O=C1N(c2c(Cl)cccc2Cl)Cc2cnc(NCC3CCCCC3)nc2N1c1ccccc1. The maximum Gasteiger partial charge on any atom is 0.335 e. The Bertz CT molecular complexity index is 1130. The predicted molar refractivity (Wildman–Crippen MR) is 134 cm³/mol. The van der Waals surface area contributed by atoms with Crippen molar-refractivity contribution in [3.8, 4) is 0 Å². The molecule has 5 rings (SSSR count). The number of aromatic nitrogens is 2. The van der Waals surface area contributed by atoms with E-state index in [2.05, 4.69) is 10.3 Å². The van der Waals surface area contributed by atoms with Crippen LogP contribution in [-0.4, -0.2) is 22.5 Å². The van der Waals surface area contributed by atoms with Gasteiger partial charge in [-0.05, 0) is 43.0 Å². The van der Waals surface area contributed by atoms with Crippen LogP contribution in [0.5, 0.6) is 0 Å². The number of hydrogen-bond donors (Lipinski definition) is 1. The molecule has 170 valence electrons. The van der Waals surface area contributed by atoms with E-state index in [1.54, 1.807) is 34.2 Å². The third-order valence-electron chi connectivity index (χ3n) is 6.30. The van der Waals surface area contributed by atoms with Crippen molar-refractivity contribution in [2.45, 2.75) is 38.6 Å². The fourth-order valence-corrected chi connectivity index (χ4v) is 5.20. The van der Waals surface area contributed by atoms with E-state index in [-0.39, 0.29) is 12.6 Å². The number of fused-ring (bicyclic) bond motifs is 1. The van der Waals surface area contributed by atoms with Crippen LogP contribution in [0.3, 0.4) is 0 Å². The van der Waals surface area contributed by atoms with Crippen molar-refractivity contribution in [3.63, 3.8) is 0 Å². The summed E-state index contributed by atoms with van der Waals surface area (Å²) in [5.41, 5.74) is 2.02. The Kier molecular flexibility index (Phi) is 6.38. The molecule has 2 heterocycles. The van der Waals surface area contributed by atoms with E-state index >= 15 is 0 Å². The maximum atomic E-state index is 13.8. The van der Waals surface area contributed by atoms with E-state index in [9.17, 15) is 4.79 Å². The summed E-state index contributed by atoms with van der Waals surface area (Å²) in [6.07, 6.45) is 8.15. The zero-order chi connectivity index (χ0) is 22.8. The van der Waals surface area contributed by atoms with Gasteiger partial charge in [0.05, 0.1) is 28.0 Å². The van der Waals surface area contributed by atoms with Crippen LogP contribution in [0.2, 0.25) is 10.0 Å². The van der Waals surface area contributed by atoms with E-state index in [4.69, 9.17) is 28.2 Å². The largest absolute Gasteiger partial charge is 0.354 e. The smallest absolute Gasteiger partial charge is 0.335 e. The van der Waals surface area contributed by atoms with E-state index in [0.717, 1.165) is 12.1 Å². The Morgan fingerprint density at radius 1 is 0.970 bits per heavy atom. The van der Waals surface area contributed by atoms with Crippen molar-refractivity contribution in [1.29, 1.82) is 0 Å². The Balaban J connectivity index is 1.51.